The number of amidine groups is 1. The summed E-state index contributed by atoms with van der Waals surface area (Å²) in [4.78, 5) is 17.0. The molecule has 1 aromatic carbocycles. The average molecular weight is 423 g/mol. The zero-order valence-corrected chi connectivity index (χ0v) is 16.5. The second-order valence-corrected chi connectivity index (χ2v) is 8.73. The van der Waals surface area contributed by atoms with E-state index < -0.39 is 17.2 Å². The molecule has 150 valence electrons. The number of hydrogen-bond donors (Lipinski definition) is 2. The van der Waals surface area contributed by atoms with Gasteiger partial charge in [0.05, 0.1) is 16.6 Å². The van der Waals surface area contributed by atoms with Gasteiger partial charge in [0, 0.05) is 34.7 Å². The Kier molecular flexibility index (Phi) is 4.11. The van der Waals surface area contributed by atoms with Gasteiger partial charge in [0.1, 0.15) is 17.9 Å². The highest BCUT2D eigenvalue weighted by atomic mass is 32.2. The maximum absolute atomic E-state index is 14.8. The molecule has 0 unspecified atom stereocenters. The van der Waals surface area contributed by atoms with Crippen molar-refractivity contribution in [2.75, 3.05) is 5.32 Å². The van der Waals surface area contributed by atoms with Crippen molar-refractivity contribution in [3.63, 3.8) is 0 Å². The summed E-state index contributed by atoms with van der Waals surface area (Å²) in [6.07, 6.45) is 3.57. The lowest BCUT2D eigenvalue weighted by atomic mass is 9.86. The van der Waals surface area contributed by atoms with Crippen molar-refractivity contribution in [2.24, 2.45) is 16.6 Å². The van der Waals surface area contributed by atoms with Crippen molar-refractivity contribution in [1.29, 1.82) is 5.26 Å². The standard InChI is InChI=1S/C20H15F2N7S/c1-20(11-5-15(11)30-19(24)29-20)12-3-10(4-13(21)16(12)22)28-18-17-14(26-8-27-18)2-9(6-23)7-25-17/h2-4,7-8,11,15H,5H2,1H3,(H2,24,29)(H,26,27,28)/t11-,15+,20-/m1/s1. The van der Waals surface area contributed by atoms with Gasteiger partial charge in [0.2, 0.25) is 0 Å². The number of nitrogens with zero attached hydrogens (tertiary/aromatic N) is 5. The van der Waals surface area contributed by atoms with Gasteiger partial charge in [0.15, 0.2) is 22.6 Å². The largest absolute Gasteiger partial charge is 0.379 e. The number of rotatable bonds is 3. The molecule has 0 spiro atoms. The molecule has 3 aromatic rings. The quantitative estimate of drug-likeness (QED) is 0.662. The van der Waals surface area contributed by atoms with Gasteiger partial charge in [-0.3, -0.25) is 4.99 Å². The van der Waals surface area contributed by atoms with E-state index in [2.05, 4.69) is 25.3 Å². The molecule has 1 aliphatic heterocycles. The Morgan fingerprint density at radius 2 is 2.10 bits per heavy atom. The van der Waals surface area contributed by atoms with Crippen molar-refractivity contribution < 1.29 is 8.78 Å². The Balaban J connectivity index is 1.58. The van der Waals surface area contributed by atoms with Gasteiger partial charge < -0.3 is 11.1 Å². The highest BCUT2D eigenvalue weighted by molar-refractivity contribution is 8.14. The first-order chi connectivity index (χ1) is 14.4. The van der Waals surface area contributed by atoms with Crippen molar-refractivity contribution in [1.82, 2.24) is 15.0 Å². The number of aromatic nitrogens is 3. The summed E-state index contributed by atoms with van der Waals surface area (Å²) in [5.74, 6) is -1.50. The Morgan fingerprint density at radius 1 is 1.27 bits per heavy atom. The highest BCUT2D eigenvalue weighted by Gasteiger charge is 2.56. The molecule has 10 heteroatoms. The number of hydrogen-bond acceptors (Lipinski definition) is 8. The topological polar surface area (TPSA) is 113 Å². The van der Waals surface area contributed by atoms with Crippen LogP contribution in [0, 0.1) is 28.9 Å². The van der Waals surface area contributed by atoms with Crippen LogP contribution in [0.3, 0.4) is 0 Å². The van der Waals surface area contributed by atoms with Crippen molar-refractivity contribution in [3.8, 4) is 6.07 Å². The maximum atomic E-state index is 14.8. The number of thioether (sulfide) groups is 1. The predicted molar refractivity (Wildman–Crippen MR) is 110 cm³/mol. The van der Waals surface area contributed by atoms with Crippen LogP contribution >= 0.6 is 11.8 Å². The van der Waals surface area contributed by atoms with Crippen LogP contribution in [0.1, 0.15) is 24.5 Å². The summed E-state index contributed by atoms with van der Waals surface area (Å²) in [7, 11) is 0. The third-order valence-electron chi connectivity index (χ3n) is 5.51. The molecule has 3 heterocycles. The minimum atomic E-state index is -0.987. The summed E-state index contributed by atoms with van der Waals surface area (Å²) in [5.41, 5.74) is 6.69. The van der Waals surface area contributed by atoms with Crippen LogP contribution in [-0.2, 0) is 5.54 Å². The normalized spacial score (nSPS) is 24.7. The van der Waals surface area contributed by atoms with Crippen molar-refractivity contribution in [2.45, 2.75) is 24.1 Å². The molecule has 2 aromatic heterocycles. The first-order valence-electron chi connectivity index (χ1n) is 9.18. The lowest BCUT2D eigenvalue weighted by molar-refractivity contribution is 0.393. The van der Waals surface area contributed by atoms with Crippen LogP contribution in [-0.4, -0.2) is 25.4 Å². The van der Waals surface area contributed by atoms with Crippen LogP contribution in [0.15, 0.2) is 35.7 Å². The van der Waals surface area contributed by atoms with E-state index in [9.17, 15) is 8.78 Å². The Labute approximate surface area is 174 Å². The lowest BCUT2D eigenvalue weighted by Gasteiger charge is -2.30. The van der Waals surface area contributed by atoms with Crippen LogP contribution in [0.25, 0.3) is 11.0 Å². The highest BCUT2D eigenvalue weighted by Crippen LogP contribution is 2.58. The van der Waals surface area contributed by atoms with E-state index in [0.717, 1.165) is 12.5 Å². The number of benzene rings is 1. The molecular weight excluding hydrogens is 408 g/mol. The van der Waals surface area contributed by atoms with E-state index in [1.54, 1.807) is 13.0 Å². The molecule has 1 saturated carbocycles. The second-order valence-electron chi connectivity index (χ2n) is 7.47. The minimum absolute atomic E-state index is 0.102. The van der Waals surface area contributed by atoms with Crippen molar-refractivity contribution >= 4 is 39.5 Å². The molecule has 5 rings (SSSR count). The Morgan fingerprint density at radius 3 is 2.90 bits per heavy atom. The van der Waals surface area contributed by atoms with Gasteiger partial charge in [-0.25, -0.2) is 23.7 Å². The van der Waals surface area contributed by atoms with E-state index >= 15 is 0 Å². The van der Waals surface area contributed by atoms with E-state index in [4.69, 9.17) is 11.0 Å². The predicted octanol–water partition coefficient (Wildman–Crippen LogP) is 3.58. The molecule has 30 heavy (non-hydrogen) atoms. The summed E-state index contributed by atoms with van der Waals surface area (Å²) >= 11 is 1.48. The maximum Gasteiger partial charge on any atom is 0.164 e. The molecule has 3 N–H and O–H groups in total. The molecule has 1 aliphatic carbocycles. The number of aliphatic imine (C=N–C) groups is 1. The molecule has 0 radical (unpaired) electrons. The number of anilines is 2. The molecule has 0 bridgehead atoms. The van der Waals surface area contributed by atoms with E-state index in [-0.39, 0.29) is 16.7 Å². The number of halogens is 2. The minimum Gasteiger partial charge on any atom is -0.379 e. The fourth-order valence-corrected chi connectivity index (χ4v) is 5.19. The summed E-state index contributed by atoms with van der Waals surface area (Å²) in [6, 6.07) is 6.19. The van der Waals surface area contributed by atoms with Crippen LogP contribution in [0.5, 0.6) is 0 Å². The van der Waals surface area contributed by atoms with Gasteiger partial charge >= 0.3 is 0 Å². The molecule has 0 saturated heterocycles. The molecular formula is C20H15F2N7S. The zero-order chi connectivity index (χ0) is 21.0. The van der Waals surface area contributed by atoms with Gasteiger partial charge in [-0.15, -0.1) is 0 Å². The van der Waals surface area contributed by atoms with Gasteiger partial charge in [-0.1, -0.05) is 11.8 Å². The van der Waals surface area contributed by atoms with Crippen LogP contribution < -0.4 is 11.1 Å². The van der Waals surface area contributed by atoms with E-state index in [1.165, 1.54) is 30.4 Å². The van der Waals surface area contributed by atoms with Gasteiger partial charge in [-0.05, 0) is 25.5 Å². The number of pyridine rings is 1. The third-order valence-corrected chi connectivity index (χ3v) is 6.67. The fraction of sp³-hybridized carbons (Fsp3) is 0.250. The smallest absolute Gasteiger partial charge is 0.164 e. The van der Waals surface area contributed by atoms with E-state index in [0.29, 0.717) is 33.3 Å². The summed E-state index contributed by atoms with van der Waals surface area (Å²) in [6.45, 7) is 1.79. The first-order valence-corrected chi connectivity index (χ1v) is 10.1. The first kappa shape index (κ1) is 18.7. The van der Waals surface area contributed by atoms with Crippen LogP contribution in [0.4, 0.5) is 20.3 Å². The zero-order valence-electron chi connectivity index (χ0n) is 15.7. The Hall–Kier alpha value is -3.32. The monoisotopic (exact) mass is 423 g/mol. The number of fused-ring (bicyclic) bond motifs is 2. The molecule has 0 amide bonds. The SMILES string of the molecule is C[C@@]1(c2cc(Nc3ncnc4cc(C#N)cnc34)cc(F)c2F)N=C(N)S[C@H]2C[C@H]21. The lowest BCUT2D eigenvalue weighted by Crippen LogP contribution is -2.32. The second kappa shape index (κ2) is 6.60. The number of nitrogens with one attached hydrogen (secondary N) is 1. The average Bonchev–Trinajstić information content (AvgIpc) is 3.50. The summed E-state index contributed by atoms with van der Waals surface area (Å²) in [5, 5.41) is 12.7. The van der Waals surface area contributed by atoms with Gasteiger partial charge in [-0.2, -0.15) is 5.26 Å². The van der Waals surface area contributed by atoms with Crippen molar-refractivity contribution in [3.05, 3.63) is 53.5 Å². The third kappa shape index (κ3) is 2.93. The number of nitrogens with two attached hydrogens (primary N) is 1. The Bertz CT molecular complexity index is 1270. The molecule has 2 aliphatic rings. The van der Waals surface area contributed by atoms with E-state index in [1.807, 2.05) is 6.07 Å². The fourth-order valence-electron chi connectivity index (χ4n) is 3.91. The molecule has 7 nitrogen and oxygen atoms in total. The van der Waals surface area contributed by atoms with Gasteiger partial charge in [0.25, 0.3) is 0 Å². The summed E-state index contributed by atoms with van der Waals surface area (Å²) < 4.78 is 29.4. The molecule has 3 atom stereocenters. The molecule has 1 fully saturated rings. The van der Waals surface area contributed by atoms with Crippen LogP contribution in [0.2, 0.25) is 0 Å². The number of nitriles is 1.